The molecule has 1 aliphatic heterocycles. The van der Waals surface area contributed by atoms with Crippen molar-refractivity contribution in [1.29, 1.82) is 0 Å². The van der Waals surface area contributed by atoms with Crippen LogP contribution in [-0.2, 0) is 23.0 Å². The number of ether oxygens (including phenoxy) is 1. The van der Waals surface area contributed by atoms with Gasteiger partial charge in [-0.15, -0.1) is 10.2 Å². The number of ketones is 1. The van der Waals surface area contributed by atoms with Crippen molar-refractivity contribution in [2.24, 2.45) is 7.05 Å². The van der Waals surface area contributed by atoms with Crippen LogP contribution in [0.25, 0.3) is 22.4 Å². The van der Waals surface area contributed by atoms with Crippen LogP contribution in [0, 0.1) is 0 Å². The fourth-order valence-corrected chi connectivity index (χ4v) is 3.06. The summed E-state index contributed by atoms with van der Waals surface area (Å²) in [5, 5.41) is 8.92. The van der Waals surface area contributed by atoms with Gasteiger partial charge in [-0.2, -0.15) is 0 Å². The standard InChI is InChI=1S/C18H20N6O2/c1-23-12-20-22-18(23)16-3-2-13-10-19-14(9-17(13)21-16)8-15(25)11-24-4-6-26-7-5-24/h2-3,9-10,12H,4-8,11H2,1H3. The second kappa shape index (κ2) is 7.27. The molecule has 0 bridgehead atoms. The number of aryl methyl sites for hydroxylation is 1. The van der Waals surface area contributed by atoms with Crippen molar-refractivity contribution in [3.63, 3.8) is 0 Å². The predicted molar refractivity (Wildman–Crippen MR) is 95.5 cm³/mol. The van der Waals surface area contributed by atoms with Crippen molar-refractivity contribution < 1.29 is 9.53 Å². The van der Waals surface area contributed by atoms with Crippen molar-refractivity contribution in [2.45, 2.75) is 6.42 Å². The van der Waals surface area contributed by atoms with Crippen LogP contribution in [0.2, 0.25) is 0 Å². The van der Waals surface area contributed by atoms with Crippen LogP contribution in [-0.4, -0.2) is 68.3 Å². The minimum absolute atomic E-state index is 0.156. The average Bonchev–Trinajstić information content (AvgIpc) is 3.08. The molecule has 1 saturated heterocycles. The first-order chi connectivity index (χ1) is 12.7. The van der Waals surface area contributed by atoms with Crippen LogP contribution in [0.5, 0.6) is 0 Å². The molecule has 8 heteroatoms. The molecule has 0 aromatic carbocycles. The number of pyridine rings is 2. The van der Waals surface area contributed by atoms with Gasteiger partial charge in [0, 0.05) is 37.4 Å². The van der Waals surface area contributed by atoms with Crippen LogP contribution in [0.3, 0.4) is 0 Å². The fraction of sp³-hybridized carbons (Fsp3) is 0.389. The first kappa shape index (κ1) is 16.7. The maximum atomic E-state index is 12.4. The summed E-state index contributed by atoms with van der Waals surface area (Å²) in [5.41, 5.74) is 2.28. The highest BCUT2D eigenvalue weighted by molar-refractivity contribution is 5.85. The summed E-state index contributed by atoms with van der Waals surface area (Å²) in [7, 11) is 1.88. The highest BCUT2D eigenvalue weighted by atomic mass is 16.5. The second-order valence-electron chi connectivity index (χ2n) is 6.43. The molecule has 0 N–H and O–H groups in total. The Hall–Kier alpha value is -2.71. The lowest BCUT2D eigenvalue weighted by Crippen LogP contribution is -2.39. The lowest BCUT2D eigenvalue weighted by molar-refractivity contribution is -0.120. The van der Waals surface area contributed by atoms with E-state index in [9.17, 15) is 4.79 Å². The molecule has 0 radical (unpaired) electrons. The Morgan fingerprint density at radius 1 is 1.27 bits per heavy atom. The smallest absolute Gasteiger partial charge is 0.182 e. The number of nitrogens with zero attached hydrogens (tertiary/aromatic N) is 6. The number of carbonyl (C=O) groups is 1. The molecule has 0 amide bonds. The summed E-state index contributed by atoms with van der Waals surface area (Å²) >= 11 is 0. The molecule has 0 aliphatic carbocycles. The van der Waals surface area contributed by atoms with E-state index in [-0.39, 0.29) is 5.78 Å². The normalized spacial score (nSPS) is 15.4. The summed E-state index contributed by atoms with van der Waals surface area (Å²) < 4.78 is 7.13. The number of fused-ring (bicyclic) bond motifs is 1. The second-order valence-corrected chi connectivity index (χ2v) is 6.43. The highest BCUT2D eigenvalue weighted by Crippen LogP contribution is 2.19. The first-order valence-corrected chi connectivity index (χ1v) is 8.61. The topological polar surface area (TPSA) is 86.0 Å². The minimum atomic E-state index is 0.156. The molecule has 26 heavy (non-hydrogen) atoms. The molecular weight excluding hydrogens is 332 g/mol. The van der Waals surface area contributed by atoms with Crippen LogP contribution in [0.4, 0.5) is 0 Å². The third-order valence-corrected chi connectivity index (χ3v) is 4.45. The van der Waals surface area contributed by atoms with Gasteiger partial charge < -0.3 is 9.30 Å². The number of aromatic nitrogens is 5. The van der Waals surface area contributed by atoms with Gasteiger partial charge in [0.2, 0.25) is 0 Å². The SMILES string of the molecule is Cn1cnnc1-c1ccc2cnc(CC(=O)CN3CCOCC3)cc2n1. The molecular formula is C18H20N6O2. The van der Waals surface area contributed by atoms with Gasteiger partial charge in [-0.1, -0.05) is 0 Å². The molecule has 0 unspecified atom stereocenters. The van der Waals surface area contributed by atoms with E-state index in [1.807, 2.05) is 29.8 Å². The quantitative estimate of drug-likeness (QED) is 0.673. The van der Waals surface area contributed by atoms with E-state index in [4.69, 9.17) is 4.74 Å². The maximum Gasteiger partial charge on any atom is 0.182 e. The summed E-state index contributed by atoms with van der Waals surface area (Å²) in [6.45, 7) is 3.43. The average molecular weight is 352 g/mol. The molecule has 134 valence electrons. The zero-order valence-corrected chi connectivity index (χ0v) is 14.6. The zero-order valence-electron chi connectivity index (χ0n) is 14.6. The molecule has 4 rings (SSSR count). The fourth-order valence-electron chi connectivity index (χ4n) is 3.06. The molecule has 0 atom stereocenters. The maximum absolute atomic E-state index is 12.4. The van der Waals surface area contributed by atoms with E-state index in [1.54, 1.807) is 12.5 Å². The van der Waals surface area contributed by atoms with Crippen LogP contribution < -0.4 is 0 Å². The lowest BCUT2D eigenvalue weighted by atomic mass is 10.1. The third-order valence-electron chi connectivity index (χ3n) is 4.45. The minimum Gasteiger partial charge on any atom is -0.379 e. The molecule has 1 fully saturated rings. The van der Waals surface area contributed by atoms with Crippen molar-refractivity contribution >= 4 is 16.7 Å². The Morgan fingerprint density at radius 3 is 2.88 bits per heavy atom. The summed E-state index contributed by atoms with van der Waals surface area (Å²) in [4.78, 5) is 23.5. The van der Waals surface area contributed by atoms with Crippen LogP contribution in [0.1, 0.15) is 5.69 Å². The molecule has 4 heterocycles. The van der Waals surface area contributed by atoms with Crippen molar-refractivity contribution in [3.05, 3.63) is 36.4 Å². The number of hydrogen-bond acceptors (Lipinski definition) is 7. The Morgan fingerprint density at radius 2 is 2.12 bits per heavy atom. The van der Waals surface area contributed by atoms with Crippen molar-refractivity contribution in [1.82, 2.24) is 29.6 Å². The van der Waals surface area contributed by atoms with Crippen molar-refractivity contribution in [3.8, 4) is 11.5 Å². The number of rotatable bonds is 5. The van der Waals surface area contributed by atoms with Gasteiger partial charge in [-0.05, 0) is 18.2 Å². The van der Waals surface area contributed by atoms with Gasteiger partial charge >= 0.3 is 0 Å². The highest BCUT2D eigenvalue weighted by Gasteiger charge is 2.15. The molecule has 3 aromatic rings. The Balaban J connectivity index is 1.52. The van der Waals surface area contributed by atoms with Gasteiger partial charge in [0.05, 0.1) is 31.7 Å². The van der Waals surface area contributed by atoms with E-state index >= 15 is 0 Å². The molecule has 0 saturated carbocycles. The Bertz CT molecular complexity index is 932. The first-order valence-electron chi connectivity index (χ1n) is 8.61. The van der Waals surface area contributed by atoms with E-state index in [1.165, 1.54) is 0 Å². The summed E-state index contributed by atoms with van der Waals surface area (Å²) in [6, 6.07) is 5.74. The summed E-state index contributed by atoms with van der Waals surface area (Å²) in [5.74, 6) is 0.858. The van der Waals surface area contributed by atoms with Crippen LogP contribution in [0.15, 0.2) is 30.7 Å². The number of hydrogen-bond donors (Lipinski definition) is 0. The molecule has 0 spiro atoms. The van der Waals surface area contributed by atoms with Gasteiger partial charge in [-0.3, -0.25) is 14.7 Å². The van der Waals surface area contributed by atoms with Crippen molar-refractivity contribution in [2.75, 3.05) is 32.8 Å². The molecule has 3 aromatic heterocycles. The Labute approximate surface area is 150 Å². The number of Topliss-reactive ketones (excluding diaryl/α,β-unsaturated/α-hetero) is 1. The van der Waals surface area contributed by atoms with E-state index in [0.717, 1.165) is 35.4 Å². The zero-order chi connectivity index (χ0) is 17.9. The van der Waals surface area contributed by atoms with E-state index < -0.39 is 0 Å². The predicted octanol–water partition coefficient (Wildman–Crippen LogP) is 0.869. The van der Waals surface area contributed by atoms with E-state index in [0.29, 0.717) is 32.0 Å². The van der Waals surface area contributed by atoms with E-state index in [2.05, 4.69) is 25.1 Å². The number of morpholine rings is 1. The molecule has 1 aliphatic rings. The lowest BCUT2D eigenvalue weighted by Gasteiger charge is -2.25. The Kier molecular flexibility index (Phi) is 4.68. The summed E-state index contributed by atoms with van der Waals surface area (Å²) in [6.07, 6.45) is 3.72. The monoisotopic (exact) mass is 352 g/mol. The van der Waals surface area contributed by atoms with Crippen LogP contribution >= 0.6 is 0 Å². The number of carbonyl (C=O) groups excluding carboxylic acids is 1. The van der Waals surface area contributed by atoms with Gasteiger partial charge in [0.15, 0.2) is 11.6 Å². The largest absolute Gasteiger partial charge is 0.379 e. The molecule has 8 nitrogen and oxygen atoms in total. The third kappa shape index (κ3) is 3.61. The van der Waals surface area contributed by atoms with Gasteiger partial charge in [-0.25, -0.2) is 4.98 Å². The van der Waals surface area contributed by atoms with Gasteiger partial charge in [0.25, 0.3) is 0 Å². The van der Waals surface area contributed by atoms with Gasteiger partial charge in [0.1, 0.15) is 12.0 Å².